The van der Waals surface area contributed by atoms with Crippen molar-refractivity contribution >= 4 is 218 Å². The fourth-order valence-corrected chi connectivity index (χ4v) is 27.5. The quantitative estimate of drug-likeness (QED) is 0.166. The van der Waals surface area contributed by atoms with Crippen LogP contribution in [-0.4, -0.2) is 47.9 Å². The van der Waals surface area contributed by atoms with Gasteiger partial charge in [0.25, 0.3) is 0 Å². The van der Waals surface area contributed by atoms with E-state index in [1.165, 1.54) is 299 Å². The summed E-state index contributed by atoms with van der Waals surface area (Å²) in [4.78, 5) is 7.86. The lowest BCUT2D eigenvalue weighted by Gasteiger charge is -2.46. The summed E-state index contributed by atoms with van der Waals surface area (Å²) in [6, 6.07) is 162. The number of rotatable bonds is 3. The third-order valence-electron chi connectivity index (χ3n) is 32.4. The van der Waals surface area contributed by atoms with E-state index in [4.69, 9.17) is 0 Å². The minimum atomic E-state index is 0.0991. The standard InChI is InChI=1S/3C42H24BN3/c1-2-11-25(12-3-1)44-32-17-7-6-15-30(32)38-35(44)23-24-36-39(38)31-22-21-29-27-14-5-9-19-34(27)46-33-18-8-4-13-26(33)28-16-10-20-37-40(28)43(46)41(29)42(31)45(36)37;1-2-11-25(12-3-1)44-34-17-7-4-15-28(34)32-23-33-31-22-21-30-27-14-6-9-19-36(27)46-35-18-8-5-13-26(35)29-16-10-20-37-40(29)43(46)41(30)42(31)45(37)39(33)24-38(32)44;1-2-11-25(12-3-1)44-33-17-7-4-15-28(33)31-23-24-36-38(41(31)44)32-22-21-30-27-14-6-9-19-35(27)46-34-18-8-5-13-26(34)29-16-10-20-37-39(29)43(46)40(30)42(32)45(36)37/h3*1-24H. The fourth-order valence-electron chi connectivity index (χ4n) is 27.5. The summed E-state index contributed by atoms with van der Waals surface area (Å²) in [5, 5.41) is 15.7. The molecule has 0 saturated heterocycles. The van der Waals surface area contributed by atoms with Crippen molar-refractivity contribution in [2.45, 2.75) is 0 Å². The summed E-state index contributed by atoms with van der Waals surface area (Å²) in [6.07, 6.45) is 0. The number of aromatic nitrogens is 6. The number of benzene rings is 21. The average molecular weight is 1740 g/mol. The Hall–Kier alpha value is -18.0. The third kappa shape index (κ3) is 8.82. The first-order valence-corrected chi connectivity index (χ1v) is 48.2. The van der Waals surface area contributed by atoms with Crippen LogP contribution in [0.15, 0.2) is 437 Å². The highest BCUT2D eigenvalue weighted by molar-refractivity contribution is 6.97. The van der Waals surface area contributed by atoms with Crippen LogP contribution in [0.1, 0.15) is 0 Å². The van der Waals surface area contributed by atoms with Gasteiger partial charge in [-0.3, -0.25) is 0 Å². The molecule has 0 fully saturated rings. The van der Waals surface area contributed by atoms with Gasteiger partial charge in [0.15, 0.2) is 0 Å². The van der Waals surface area contributed by atoms with E-state index in [9.17, 15) is 0 Å². The molecule has 0 spiro atoms. The van der Waals surface area contributed by atoms with E-state index in [1.54, 1.807) is 0 Å². The monoisotopic (exact) mass is 1740 g/mol. The van der Waals surface area contributed by atoms with Gasteiger partial charge in [0.05, 0.1) is 66.2 Å². The Morgan fingerprint density at radius 2 is 0.399 bits per heavy atom. The molecule has 0 bridgehead atoms. The molecule has 6 aromatic heterocycles. The van der Waals surface area contributed by atoms with Gasteiger partial charge in [0.2, 0.25) is 0 Å². The molecule has 27 aromatic rings. The molecule has 9 nitrogen and oxygen atoms in total. The molecular weight excluding hydrogens is 1670 g/mol. The lowest BCUT2D eigenvalue weighted by Crippen LogP contribution is -2.62. The Bertz CT molecular complexity index is 10200. The van der Waals surface area contributed by atoms with E-state index in [0.29, 0.717) is 0 Å². The first-order valence-electron chi connectivity index (χ1n) is 48.2. The molecule has 630 valence electrons. The molecule has 36 rings (SSSR count). The second-order valence-electron chi connectivity index (χ2n) is 38.6. The van der Waals surface area contributed by atoms with Gasteiger partial charge in [-0.15, -0.1) is 0 Å². The Labute approximate surface area is 792 Å². The van der Waals surface area contributed by atoms with Gasteiger partial charge in [-0.1, -0.05) is 297 Å². The molecule has 0 atom stereocenters. The Morgan fingerprint density at radius 3 is 0.848 bits per heavy atom. The van der Waals surface area contributed by atoms with Crippen LogP contribution in [0.4, 0.5) is 34.1 Å². The highest BCUT2D eigenvalue weighted by Crippen LogP contribution is 2.57. The largest absolute Gasteiger partial charge is 0.376 e. The molecule has 21 aromatic carbocycles. The highest BCUT2D eigenvalue weighted by Gasteiger charge is 2.52. The Kier molecular flexibility index (Phi) is 13.7. The minimum Gasteiger partial charge on any atom is -0.376 e. The van der Waals surface area contributed by atoms with Crippen LogP contribution in [0, 0.1) is 0 Å². The molecule has 0 amide bonds. The second kappa shape index (κ2) is 26.1. The van der Waals surface area contributed by atoms with Gasteiger partial charge in [-0.05, 0) is 206 Å². The van der Waals surface area contributed by atoms with Crippen molar-refractivity contribution < 1.29 is 0 Å². The minimum absolute atomic E-state index is 0.0991. The number of anilines is 6. The average Bonchev–Trinajstić information content (AvgIpc) is 1.43. The highest BCUT2D eigenvalue weighted by atomic mass is 15.1. The van der Waals surface area contributed by atoms with E-state index in [-0.39, 0.29) is 20.5 Å². The third-order valence-corrected chi connectivity index (χ3v) is 32.4. The van der Waals surface area contributed by atoms with Gasteiger partial charge in [-0.25, -0.2) is 0 Å². The molecule has 0 unspecified atom stereocenters. The predicted octanol–water partition coefficient (Wildman–Crippen LogP) is 27.3. The van der Waals surface area contributed by atoms with E-state index in [2.05, 4.69) is 479 Å². The van der Waals surface area contributed by atoms with Crippen molar-refractivity contribution in [2.24, 2.45) is 0 Å². The van der Waals surface area contributed by atoms with Crippen LogP contribution in [-0.2, 0) is 0 Å². The van der Waals surface area contributed by atoms with Crippen LogP contribution in [0.3, 0.4) is 0 Å². The zero-order chi connectivity index (χ0) is 89.0. The summed E-state index contributed by atoms with van der Waals surface area (Å²) in [6.45, 7) is 0.314. The lowest BCUT2D eigenvalue weighted by atomic mass is 9.41. The van der Waals surface area contributed by atoms with Crippen LogP contribution in [0.2, 0.25) is 0 Å². The maximum Gasteiger partial charge on any atom is 0.333 e. The van der Waals surface area contributed by atoms with Gasteiger partial charge in [0.1, 0.15) is 0 Å². The van der Waals surface area contributed by atoms with Crippen molar-refractivity contribution in [3.05, 3.63) is 437 Å². The van der Waals surface area contributed by atoms with E-state index < -0.39 is 0 Å². The number of nitrogens with zero attached hydrogens (tertiary/aromatic N) is 9. The summed E-state index contributed by atoms with van der Waals surface area (Å²) in [7, 11) is 0. The first kappa shape index (κ1) is 72.6. The number of para-hydroxylation sites is 12. The van der Waals surface area contributed by atoms with Crippen LogP contribution < -0.4 is 47.2 Å². The topological polar surface area (TPSA) is 39.3 Å². The van der Waals surface area contributed by atoms with E-state index >= 15 is 0 Å². The van der Waals surface area contributed by atoms with Crippen molar-refractivity contribution in [2.75, 3.05) is 14.4 Å². The SMILES string of the molecule is c1ccc(-n2c3ccccc3c3c4c5ccc6c7c5n(c4ccc32)-c2cccc3c2B7N(c2ccccc2-3)c2ccccc2-6)cc1.c1ccc(-n2c3ccccc3c3cc4c5ccc6c7c5n(c4cc32)-c2cccc3c2B7N(c2ccccc2-3)c2ccccc2-6)cc1.c1ccc(-n2c3ccccc3c3ccc4c(c5ccc6c7c5n4-c4cccc5c4B7N(c4ccccc4-5)c4ccccc4-6)c32)cc1. The zero-order valence-corrected chi connectivity index (χ0v) is 74.3. The first-order chi connectivity index (χ1) is 68.6. The Balaban J connectivity index is 0.0000000908. The van der Waals surface area contributed by atoms with Crippen molar-refractivity contribution in [1.82, 2.24) is 27.4 Å². The molecule has 12 heteroatoms. The number of hydrogen-bond acceptors (Lipinski definition) is 3. The maximum atomic E-state index is 2.62. The molecule has 0 N–H and O–H groups in total. The zero-order valence-electron chi connectivity index (χ0n) is 74.3. The van der Waals surface area contributed by atoms with Crippen LogP contribution in [0.5, 0.6) is 0 Å². The second-order valence-corrected chi connectivity index (χ2v) is 38.6. The fraction of sp³-hybridized carbons (Fsp3) is 0. The molecule has 15 heterocycles. The van der Waals surface area contributed by atoms with E-state index in [1.807, 2.05) is 0 Å². The van der Waals surface area contributed by atoms with Gasteiger partial charge >= 0.3 is 20.5 Å². The lowest BCUT2D eigenvalue weighted by molar-refractivity contribution is 1.16. The predicted molar refractivity (Wildman–Crippen MR) is 579 cm³/mol. The van der Waals surface area contributed by atoms with Gasteiger partial charge in [0, 0.05) is 166 Å². The molecule has 0 aliphatic carbocycles. The molecular formula is C126H72B3N9. The molecule has 9 aliphatic rings. The van der Waals surface area contributed by atoms with Crippen molar-refractivity contribution in [3.63, 3.8) is 0 Å². The summed E-state index contributed by atoms with van der Waals surface area (Å²) >= 11 is 0. The molecule has 0 radical (unpaired) electrons. The Morgan fingerprint density at radius 1 is 0.130 bits per heavy atom. The summed E-state index contributed by atoms with van der Waals surface area (Å²) < 4.78 is 15.1. The van der Waals surface area contributed by atoms with Crippen molar-refractivity contribution in [3.8, 4) is 101 Å². The molecule has 9 aliphatic heterocycles. The van der Waals surface area contributed by atoms with Crippen molar-refractivity contribution in [1.29, 1.82) is 0 Å². The van der Waals surface area contributed by atoms with Gasteiger partial charge < -0.3 is 41.8 Å². The smallest absolute Gasteiger partial charge is 0.333 e. The number of fused-ring (bicyclic) bond motifs is 41. The van der Waals surface area contributed by atoms with Crippen LogP contribution in [0.25, 0.3) is 232 Å². The molecule has 138 heavy (non-hydrogen) atoms. The maximum absolute atomic E-state index is 2.62. The van der Waals surface area contributed by atoms with Gasteiger partial charge in [-0.2, -0.15) is 0 Å². The summed E-state index contributed by atoms with van der Waals surface area (Å²) in [5.74, 6) is 0. The molecule has 0 saturated carbocycles. The van der Waals surface area contributed by atoms with Crippen LogP contribution >= 0.6 is 0 Å². The summed E-state index contributed by atoms with van der Waals surface area (Å²) in [5.41, 5.74) is 54.6. The number of hydrogen-bond donors (Lipinski definition) is 0. The van der Waals surface area contributed by atoms with E-state index in [0.717, 1.165) is 0 Å². The normalized spacial score (nSPS) is 13.6.